The molecule has 150 valence electrons. The van der Waals surface area contributed by atoms with Gasteiger partial charge in [-0.05, 0) is 19.1 Å². The zero-order chi connectivity index (χ0) is 20.1. The molecule has 7 nitrogen and oxygen atoms in total. The van der Waals surface area contributed by atoms with Crippen molar-refractivity contribution < 1.29 is 22.4 Å². The van der Waals surface area contributed by atoms with E-state index < -0.39 is 15.9 Å². The number of furan rings is 1. The monoisotopic (exact) mass is 404 g/mol. The summed E-state index contributed by atoms with van der Waals surface area (Å²) in [5.74, 6) is 0.896. The molecule has 2 heterocycles. The third kappa shape index (κ3) is 5.22. The van der Waals surface area contributed by atoms with Crippen LogP contribution < -0.4 is 5.32 Å². The predicted molar refractivity (Wildman–Crippen MR) is 105 cm³/mol. The number of sulfone groups is 1. The highest BCUT2D eigenvalue weighted by Crippen LogP contribution is 2.22. The normalized spacial score (nSPS) is 17.1. The SMILES string of the molecule is CC(NC(=O)CCc1ccc(-c2ccccc2)o1)C(=O)N1CCS(=O)(=O)CC1. The molecular weight excluding hydrogens is 380 g/mol. The van der Waals surface area contributed by atoms with Crippen LogP contribution in [-0.2, 0) is 25.8 Å². The zero-order valence-electron chi connectivity index (χ0n) is 15.8. The van der Waals surface area contributed by atoms with Crippen molar-refractivity contribution in [3.8, 4) is 11.3 Å². The largest absolute Gasteiger partial charge is 0.461 e. The molecule has 1 aromatic heterocycles. The minimum atomic E-state index is -3.05. The van der Waals surface area contributed by atoms with Crippen LogP contribution >= 0.6 is 0 Å². The van der Waals surface area contributed by atoms with E-state index in [0.717, 1.165) is 11.3 Å². The van der Waals surface area contributed by atoms with Gasteiger partial charge in [-0.15, -0.1) is 0 Å². The smallest absolute Gasteiger partial charge is 0.244 e. The van der Waals surface area contributed by atoms with Crippen LogP contribution in [-0.4, -0.2) is 55.8 Å². The Bertz CT molecular complexity index is 923. The highest BCUT2D eigenvalue weighted by molar-refractivity contribution is 7.91. The Morgan fingerprint density at radius 2 is 1.79 bits per heavy atom. The number of benzene rings is 1. The Balaban J connectivity index is 1.46. The zero-order valence-corrected chi connectivity index (χ0v) is 16.6. The number of hydrogen-bond donors (Lipinski definition) is 1. The van der Waals surface area contributed by atoms with E-state index in [4.69, 9.17) is 4.42 Å². The Labute approximate surface area is 164 Å². The van der Waals surface area contributed by atoms with Crippen LogP contribution in [0.5, 0.6) is 0 Å². The van der Waals surface area contributed by atoms with Gasteiger partial charge in [0.15, 0.2) is 9.84 Å². The van der Waals surface area contributed by atoms with E-state index in [1.54, 1.807) is 6.92 Å². The number of hydrogen-bond acceptors (Lipinski definition) is 5. The summed E-state index contributed by atoms with van der Waals surface area (Å²) in [5, 5.41) is 2.69. The lowest BCUT2D eigenvalue weighted by Crippen LogP contribution is -2.51. The van der Waals surface area contributed by atoms with Gasteiger partial charge in [0.05, 0.1) is 11.5 Å². The van der Waals surface area contributed by atoms with Gasteiger partial charge in [-0.25, -0.2) is 8.42 Å². The number of rotatable bonds is 6. The molecule has 1 saturated heterocycles. The van der Waals surface area contributed by atoms with Gasteiger partial charge < -0.3 is 14.6 Å². The van der Waals surface area contributed by atoms with Crippen LogP contribution in [0.3, 0.4) is 0 Å². The van der Waals surface area contributed by atoms with E-state index >= 15 is 0 Å². The highest BCUT2D eigenvalue weighted by atomic mass is 32.2. The van der Waals surface area contributed by atoms with Crippen molar-refractivity contribution in [1.29, 1.82) is 0 Å². The molecule has 1 fully saturated rings. The average molecular weight is 404 g/mol. The van der Waals surface area contributed by atoms with Gasteiger partial charge in [0.1, 0.15) is 17.6 Å². The minimum Gasteiger partial charge on any atom is -0.461 e. The number of nitrogens with zero attached hydrogens (tertiary/aromatic N) is 1. The van der Waals surface area contributed by atoms with Crippen LogP contribution in [0.15, 0.2) is 46.9 Å². The second-order valence-corrected chi connectivity index (χ2v) is 9.20. The average Bonchev–Trinajstić information content (AvgIpc) is 3.15. The summed E-state index contributed by atoms with van der Waals surface area (Å²) in [5.41, 5.74) is 0.973. The molecule has 0 saturated carbocycles. The molecule has 0 spiro atoms. The maximum absolute atomic E-state index is 12.4. The Morgan fingerprint density at radius 1 is 1.11 bits per heavy atom. The molecule has 1 aliphatic rings. The first kappa shape index (κ1) is 20.1. The Morgan fingerprint density at radius 3 is 2.46 bits per heavy atom. The summed E-state index contributed by atoms with van der Waals surface area (Å²) < 4.78 is 28.7. The Kier molecular flexibility index (Phi) is 6.18. The van der Waals surface area contributed by atoms with Gasteiger partial charge in [-0.1, -0.05) is 30.3 Å². The number of carbonyl (C=O) groups excluding carboxylic acids is 2. The summed E-state index contributed by atoms with van der Waals surface area (Å²) in [6.45, 7) is 1.97. The lowest BCUT2D eigenvalue weighted by Gasteiger charge is -2.29. The molecule has 0 aliphatic carbocycles. The summed E-state index contributed by atoms with van der Waals surface area (Å²) in [6.07, 6.45) is 0.634. The van der Waals surface area contributed by atoms with E-state index in [9.17, 15) is 18.0 Å². The van der Waals surface area contributed by atoms with Crippen molar-refractivity contribution in [3.63, 3.8) is 0 Å². The first-order valence-electron chi connectivity index (χ1n) is 9.27. The minimum absolute atomic E-state index is 0.0261. The van der Waals surface area contributed by atoms with Crippen LogP contribution in [0, 0.1) is 0 Å². The van der Waals surface area contributed by atoms with E-state index in [2.05, 4.69) is 5.32 Å². The standard InChI is InChI=1S/C20H24N2O5S/c1-15(20(24)22-11-13-28(25,26)14-12-22)21-19(23)10-8-17-7-9-18(27-17)16-5-3-2-4-6-16/h2-7,9,15H,8,10-14H2,1H3,(H,21,23). The molecule has 1 N–H and O–H groups in total. The molecule has 2 aromatic rings. The van der Waals surface area contributed by atoms with Gasteiger partial charge in [0.2, 0.25) is 11.8 Å². The van der Waals surface area contributed by atoms with Gasteiger partial charge >= 0.3 is 0 Å². The molecule has 1 aliphatic heterocycles. The predicted octanol–water partition coefficient (Wildman–Crippen LogP) is 1.64. The third-order valence-corrected chi connectivity index (χ3v) is 6.33. The topological polar surface area (TPSA) is 96.7 Å². The van der Waals surface area contributed by atoms with Crippen molar-refractivity contribution in [3.05, 3.63) is 48.2 Å². The summed E-state index contributed by atoms with van der Waals surface area (Å²) in [4.78, 5) is 26.0. The fraction of sp³-hybridized carbons (Fsp3) is 0.400. The maximum Gasteiger partial charge on any atom is 0.244 e. The van der Waals surface area contributed by atoms with Crippen LogP contribution in [0.25, 0.3) is 11.3 Å². The van der Waals surface area contributed by atoms with E-state index in [1.165, 1.54) is 4.90 Å². The van der Waals surface area contributed by atoms with Crippen LogP contribution in [0.4, 0.5) is 0 Å². The van der Waals surface area contributed by atoms with Crippen molar-refractivity contribution in [2.24, 2.45) is 0 Å². The quantitative estimate of drug-likeness (QED) is 0.790. The van der Waals surface area contributed by atoms with Gasteiger partial charge in [-0.3, -0.25) is 9.59 Å². The van der Waals surface area contributed by atoms with Crippen LogP contribution in [0.2, 0.25) is 0 Å². The van der Waals surface area contributed by atoms with Crippen molar-refractivity contribution in [2.75, 3.05) is 24.6 Å². The molecule has 3 rings (SSSR count). The lowest BCUT2D eigenvalue weighted by molar-refractivity contribution is -0.135. The molecular formula is C20H24N2O5S. The summed E-state index contributed by atoms with van der Waals surface area (Å²) in [7, 11) is -3.05. The van der Waals surface area contributed by atoms with E-state index in [1.807, 2.05) is 42.5 Å². The molecule has 28 heavy (non-hydrogen) atoms. The first-order chi connectivity index (χ1) is 13.3. The van der Waals surface area contributed by atoms with Gasteiger partial charge in [0, 0.05) is 31.5 Å². The van der Waals surface area contributed by atoms with Crippen LogP contribution in [0.1, 0.15) is 19.1 Å². The molecule has 1 unspecified atom stereocenters. The molecule has 8 heteroatoms. The second-order valence-electron chi connectivity index (χ2n) is 6.90. The number of aryl methyl sites for hydroxylation is 1. The number of carbonyl (C=O) groups is 2. The molecule has 0 radical (unpaired) electrons. The first-order valence-corrected chi connectivity index (χ1v) is 11.1. The number of amides is 2. The Hall–Kier alpha value is -2.61. The lowest BCUT2D eigenvalue weighted by atomic mass is 10.2. The molecule has 1 atom stereocenters. The van der Waals surface area contributed by atoms with Gasteiger partial charge in [-0.2, -0.15) is 0 Å². The third-order valence-electron chi connectivity index (χ3n) is 4.72. The maximum atomic E-state index is 12.4. The molecule has 1 aromatic carbocycles. The van der Waals surface area contributed by atoms with Crippen molar-refractivity contribution in [1.82, 2.24) is 10.2 Å². The van der Waals surface area contributed by atoms with Crippen molar-refractivity contribution in [2.45, 2.75) is 25.8 Å². The highest BCUT2D eigenvalue weighted by Gasteiger charge is 2.28. The second kappa shape index (κ2) is 8.60. The summed E-state index contributed by atoms with van der Waals surface area (Å²) in [6, 6.07) is 12.7. The molecule has 0 bridgehead atoms. The molecule has 2 amide bonds. The van der Waals surface area contributed by atoms with Gasteiger partial charge in [0.25, 0.3) is 0 Å². The fourth-order valence-corrected chi connectivity index (χ4v) is 4.29. The van der Waals surface area contributed by atoms with E-state index in [-0.39, 0.29) is 42.8 Å². The summed E-state index contributed by atoms with van der Waals surface area (Å²) >= 11 is 0. The van der Waals surface area contributed by atoms with E-state index in [0.29, 0.717) is 12.2 Å². The van der Waals surface area contributed by atoms with Crippen molar-refractivity contribution >= 4 is 21.7 Å². The number of nitrogens with one attached hydrogen (secondary N) is 1. The fourth-order valence-electron chi connectivity index (χ4n) is 3.09.